The molecule has 0 aromatic rings. The molecule has 3 nitrogen and oxygen atoms in total. The van der Waals surface area contributed by atoms with E-state index in [4.69, 9.17) is 0 Å². The van der Waals surface area contributed by atoms with Gasteiger partial charge in [-0.3, -0.25) is 9.69 Å². The van der Waals surface area contributed by atoms with Crippen LogP contribution in [0, 0.1) is 0 Å². The Kier molecular flexibility index (Phi) is 9.18. The number of allylic oxidation sites excluding steroid dienone is 1. The standard InChI is InChI=1S/C12H23NO2/c1-4-6-7-8-9-10-13(5-2)11-12(14)15-3/h4H,1,5-11H2,2-3H3. The molecule has 0 aromatic carbocycles. The number of likely N-dealkylation sites (N-methyl/N-ethyl adjacent to an activating group) is 1. The summed E-state index contributed by atoms with van der Waals surface area (Å²) in [6.07, 6.45) is 6.57. The molecule has 0 aliphatic rings. The van der Waals surface area contributed by atoms with E-state index in [0.717, 1.165) is 25.9 Å². The van der Waals surface area contributed by atoms with E-state index in [9.17, 15) is 4.79 Å². The molecule has 0 spiro atoms. The molecule has 0 bridgehead atoms. The van der Waals surface area contributed by atoms with Gasteiger partial charge < -0.3 is 4.74 Å². The molecule has 0 unspecified atom stereocenters. The summed E-state index contributed by atoms with van der Waals surface area (Å²) in [7, 11) is 1.43. The van der Waals surface area contributed by atoms with Crippen molar-refractivity contribution in [2.45, 2.75) is 32.6 Å². The van der Waals surface area contributed by atoms with Gasteiger partial charge >= 0.3 is 5.97 Å². The fourth-order valence-corrected chi connectivity index (χ4v) is 1.40. The Morgan fingerprint density at radius 1 is 1.40 bits per heavy atom. The number of unbranched alkanes of at least 4 members (excludes halogenated alkanes) is 3. The van der Waals surface area contributed by atoms with E-state index in [2.05, 4.69) is 23.1 Å². The third kappa shape index (κ3) is 8.18. The minimum absolute atomic E-state index is 0.150. The fourth-order valence-electron chi connectivity index (χ4n) is 1.40. The van der Waals surface area contributed by atoms with Gasteiger partial charge in [0.25, 0.3) is 0 Å². The summed E-state index contributed by atoms with van der Waals surface area (Å²) in [4.78, 5) is 13.1. The van der Waals surface area contributed by atoms with Crippen LogP contribution in [0.1, 0.15) is 32.6 Å². The van der Waals surface area contributed by atoms with Crippen molar-refractivity contribution >= 4 is 5.97 Å². The second-order valence-electron chi connectivity index (χ2n) is 3.58. The summed E-state index contributed by atoms with van der Waals surface area (Å²) < 4.78 is 4.63. The molecule has 0 rings (SSSR count). The molecule has 0 N–H and O–H groups in total. The normalized spacial score (nSPS) is 10.3. The molecule has 88 valence electrons. The predicted molar refractivity (Wildman–Crippen MR) is 62.8 cm³/mol. The first-order chi connectivity index (χ1) is 7.24. The topological polar surface area (TPSA) is 29.5 Å². The van der Waals surface area contributed by atoms with Gasteiger partial charge in [-0.05, 0) is 32.4 Å². The van der Waals surface area contributed by atoms with Gasteiger partial charge in [-0.25, -0.2) is 0 Å². The smallest absolute Gasteiger partial charge is 0.319 e. The minimum atomic E-state index is -0.150. The molecule has 0 atom stereocenters. The molecule has 3 heteroatoms. The lowest BCUT2D eigenvalue weighted by Gasteiger charge is -2.18. The number of methoxy groups -OCH3 is 1. The second kappa shape index (κ2) is 9.71. The molecular formula is C12H23NO2. The van der Waals surface area contributed by atoms with Crippen LogP contribution >= 0.6 is 0 Å². The van der Waals surface area contributed by atoms with Gasteiger partial charge in [-0.2, -0.15) is 0 Å². The highest BCUT2D eigenvalue weighted by atomic mass is 16.5. The van der Waals surface area contributed by atoms with E-state index in [0.29, 0.717) is 6.54 Å². The van der Waals surface area contributed by atoms with Crippen molar-refractivity contribution in [1.29, 1.82) is 0 Å². The number of hydrogen-bond acceptors (Lipinski definition) is 3. The van der Waals surface area contributed by atoms with Crippen molar-refractivity contribution in [3.63, 3.8) is 0 Å². The van der Waals surface area contributed by atoms with E-state index in [1.165, 1.54) is 20.0 Å². The molecule has 0 fully saturated rings. The maximum atomic E-state index is 11.0. The average molecular weight is 213 g/mol. The summed E-state index contributed by atoms with van der Waals surface area (Å²) >= 11 is 0. The minimum Gasteiger partial charge on any atom is -0.468 e. The van der Waals surface area contributed by atoms with Crippen molar-refractivity contribution in [2.24, 2.45) is 0 Å². The highest BCUT2D eigenvalue weighted by Crippen LogP contribution is 2.02. The predicted octanol–water partition coefficient (Wildman–Crippen LogP) is 2.23. The van der Waals surface area contributed by atoms with Crippen LogP contribution in [0.5, 0.6) is 0 Å². The quantitative estimate of drug-likeness (QED) is 0.334. The first-order valence-electron chi connectivity index (χ1n) is 5.64. The largest absolute Gasteiger partial charge is 0.468 e. The summed E-state index contributed by atoms with van der Waals surface area (Å²) in [5.41, 5.74) is 0. The third-order valence-electron chi connectivity index (χ3n) is 2.41. The van der Waals surface area contributed by atoms with Crippen LogP contribution in [0.2, 0.25) is 0 Å². The second-order valence-corrected chi connectivity index (χ2v) is 3.58. The fraction of sp³-hybridized carbons (Fsp3) is 0.750. The Labute approximate surface area is 93.1 Å². The molecule has 0 radical (unpaired) electrons. The lowest BCUT2D eigenvalue weighted by atomic mass is 10.2. The molecular weight excluding hydrogens is 190 g/mol. The number of rotatable bonds is 9. The number of carbonyl (C=O) groups is 1. The molecule has 0 heterocycles. The van der Waals surface area contributed by atoms with Crippen LogP contribution in [-0.2, 0) is 9.53 Å². The van der Waals surface area contributed by atoms with Crippen LogP contribution in [0.15, 0.2) is 12.7 Å². The summed E-state index contributed by atoms with van der Waals surface area (Å²) in [5.74, 6) is -0.150. The van der Waals surface area contributed by atoms with E-state index >= 15 is 0 Å². The summed E-state index contributed by atoms with van der Waals surface area (Å²) in [5, 5.41) is 0. The van der Waals surface area contributed by atoms with E-state index in [1.807, 2.05) is 6.08 Å². The molecule has 0 saturated heterocycles. The van der Waals surface area contributed by atoms with Crippen LogP contribution in [0.3, 0.4) is 0 Å². The number of carbonyl (C=O) groups excluding carboxylic acids is 1. The zero-order valence-electron chi connectivity index (χ0n) is 10.00. The highest BCUT2D eigenvalue weighted by Gasteiger charge is 2.07. The van der Waals surface area contributed by atoms with Crippen LogP contribution in [-0.4, -0.2) is 37.6 Å². The molecule has 0 aliphatic heterocycles. The molecule has 0 amide bonds. The first-order valence-corrected chi connectivity index (χ1v) is 5.64. The van der Waals surface area contributed by atoms with E-state index in [-0.39, 0.29) is 5.97 Å². The van der Waals surface area contributed by atoms with Gasteiger partial charge in [-0.15, -0.1) is 6.58 Å². The lowest BCUT2D eigenvalue weighted by molar-refractivity contribution is -0.141. The Hall–Kier alpha value is -0.830. The molecule has 0 saturated carbocycles. The van der Waals surface area contributed by atoms with Gasteiger partial charge in [0.1, 0.15) is 0 Å². The monoisotopic (exact) mass is 213 g/mol. The van der Waals surface area contributed by atoms with E-state index in [1.54, 1.807) is 0 Å². The van der Waals surface area contributed by atoms with Crippen LogP contribution < -0.4 is 0 Å². The zero-order chi connectivity index (χ0) is 11.5. The van der Waals surface area contributed by atoms with Gasteiger partial charge in [0.05, 0.1) is 13.7 Å². The van der Waals surface area contributed by atoms with Crippen molar-refractivity contribution in [1.82, 2.24) is 4.90 Å². The zero-order valence-corrected chi connectivity index (χ0v) is 10.00. The van der Waals surface area contributed by atoms with Gasteiger partial charge in [0, 0.05) is 0 Å². The van der Waals surface area contributed by atoms with Gasteiger partial charge in [0.2, 0.25) is 0 Å². The number of hydrogen-bond donors (Lipinski definition) is 0. The van der Waals surface area contributed by atoms with Crippen LogP contribution in [0.4, 0.5) is 0 Å². The molecule has 0 aliphatic carbocycles. The molecule has 15 heavy (non-hydrogen) atoms. The number of nitrogens with zero attached hydrogens (tertiary/aromatic N) is 1. The van der Waals surface area contributed by atoms with Crippen molar-refractivity contribution < 1.29 is 9.53 Å². The maximum absolute atomic E-state index is 11.0. The van der Waals surface area contributed by atoms with Crippen molar-refractivity contribution in [3.8, 4) is 0 Å². The number of ether oxygens (including phenoxy) is 1. The van der Waals surface area contributed by atoms with E-state index < -0.39 is 0 Å². The maximum Gasteiger partial charge on any atom is 0.319 e. The Bertz CT molecular complexity index is 180. The SMILES string of the molecule is C=CCCCCCN(CC)CC(=O)OC. The Morgan fingerprint density at radius 3 is 2.67 bits per heavy atom. The van der Waals surface area contributed by atoms with Gasteiger partial charge in [-0.1, -0.05) is 19.4 Å². The Morgan fingerprint density at radius 2 is 2.13 bits per heavy atom. The summed E-state index contributed by atoms with van der Waals surface area (Å²) in [6, 6.07) is 0. The lowest BCUT2D eigenvalue weighted by Crippen LogP contribution is -2.31. The third-order valence-corrected chi connectivity index (χ3v) is 2.41. The number of esters is 1. The first kappa shape index (κ1) is 14.2. The summed E-state index contributed by atoms with van der Waals surface area (Å²) in [6.45, 7) is 8.04. The average Bonchev–Trinajstić information content (AvgIpc) is 2.26. The molecule has 0 aromatic heterocycles. The van der Waals surface area contributed by atoms with Crippen molar-refractivity contribution in [2.75, 3.05) is 26.7 Å². The van der Waals surface area contributed by atoms with Crippen molar-refractivity contribution in [3.05, 3.63) is 12.7 Å². The van der Waals surface area contributed by atoms with Gasteiger partial charge in [0.15, 0.2) is 0 Å². The Balaban J connectivity index is 3.52. The highest BCUT2D eigenvalue weighted by molar-refractivity contribution is 5.71. The van der Waals surface area contributed by atoms with Crippen LogP contribution in [0.25, 0.3) is 0 Å².